The van der Waals surface area contributed by atoms with Crippen LogP contribution in [0.2, 0.25) is 0 Å². The fourth-order valence-corrected chi connectivity index (χ4v) is 5.15. The molecule has 1 saturated carbocycles. The maximum absolute atomic E-state index is 13.1. The molecule has 1 aromatic carbocycles. The van der Waals surface area contributed by atoms with Crippen molar-refractivity contribution in [1.29, 1.82) is 0 Å². The van der Waals surface area contributed by atoms with Crippen molar-refractivity contribution in [1.82, 2.24) is 20.9 Å². The number of carbonyl (C=O) groups is 3. The molecule has 9 heteroatoms. The molecule has 1 saturated heterocycles. The number of hydrogen-bond donors (Lipinski definition) is 6. The van der Waals surface area contributed by atoms with Crippen LogP contribution in [0.25, 0.3) is 10.9 Å². The SMILES string of the molecule is C[C@@H](O)[C@H](NC(=O)[C@H](Cc1c[nH]c2ccccc12)NC(=O)[C@H]1NC[C@@H]2CCC[C@@H]21)C(N)=O. The van der Waals surface area contributed by atoms with E-state index in [4.69, 9.17) is 5.73 Å². The summed E-state index contributed by atoms with van der Waals surface area (Å²) in [6.07, 6.45) is 4.13. The zero-order valence-electron chi connectivity index (χ0n) is 18.1. The molecule has 2 aromatic rings. The van der Waals surface area contributed by atoms with Crippen LogP contribution in [0.4, 0.5) is 0 Å². The molecule has 0 unspecified atom stereocenters. The molecule has 7 N–H and O–H groups in total. The molecule has 4 rings (SSSR count). The van der Waals surface area contributed by atoms with E-state index in [0.29, 0.717) is 5.92 Å². The number of rotatable bonds is 8. The van der Waals surface area contributed by atoms with E-state index in [-0.39, 0.29) is 24.3 Å². The van der Waals surface area contributed by atoms with Gasteiger partial charge in [0, 0.05) is 23.5 Å². The average Bonchev–Trinajstić information content (AvgIpc) is 3.46. The van der Waals surface area contributed by atoms with Gasteiger partial charge in [-0.05, 0) is 49.8 Å². The first kappa shape index (κ1) is 22.3. The van der Waals surface area contributed by atoms with Gasteiger partial charge in [-0.15, -0.1) is 0 Å². The van der Waals surface area contributed by atoms with Crippen LogP contribution < -0.4 is 21.7 Å². The number of primary amides is 1. The van der Waals surface area contributed by atoms with Crippen molar-refractivity contribution in [3.63, 3.8) is 0 Å². The molecule has 9 nitrogen and oxygen atoms in total. The third-order valence-corrected chi connectivity index (χ3v) is 6.85. The van der Waals surface area contributed by atoms with Gasteiger partial charge in [0.25, 0.3) is 0 Å². The number of nitrogens with one attached hydrogen (secondary N) is 4. The number of nitrogens with two attached hydrogens (primary N) is 1. The largest absolute Gasteiger partial charge is 0.391 e. The molecule has 1 aliphatic heterocycles. The van der Waals surface area contributed by atoms with Gasteiger partial charge in [0.1, 0.15) is 12.1 Å². The van der Waals surface area contributed by atoms with E-state index in [9.17, 15) is 19.5 Å². The summed E-state index contributed by atoms with van der Waals surface area (Å²) in [5, 5.41) is 19.5. The third-order valence-electron chi connectivity index (χ3n) is 6.85. The topological polar surface area (TPSA) is 149 Å². The summed E-state index contributed by atoms with van der Waals surface area (Å²) >= 11 is 0. The molecule has 6 atom stereocenters. The number of aromatic nitrogens is 1. The van der Waals surface area contributed by atoms with Crippen molar-refractivity contribution in [3.8, 4) is 0 Å². The molecular weight excluding hydrogens is 410 g/mol. The molecule has 2 fully saturated rings. The molecule has 2 heterocycles. The van der Waals surface area contributed by atoms with Crippen molar-refractivity contribution in [3.05, 3.63) is 36.0 Å². The lowest BCUT2D eigenvalue weighted by Gasteiger charge is -2.25. The number of aliphatic hydroxyl groups excluding tert-OH is 1. The van der Waals surface area contributed by atoms with Crippen molar-refractivity contribution >= 4 is 28.6 Å². The summed E-state index contributed by atoms with van der Waals surface area (Å²) < 4.78 is 0. The highest BCUT2D eigenvalue weighted by molar-refractivity contribution is 5.94. The van der Waals surface area contributed by atoms with Crippen LogP contribution >= 0.6 is 0 Å². The Labute approximate surface area is 186 Å². The van der Waals surface area contributed by atoms with E-state index in [1.807, 2.05) is 30.5 Å². The van der Waals surface area contributed by atoms with Crippen LogP contribution in [-0.4, -0.2) is 58.6 Å². The number of para-hydroxylation sites is 1. The highest BCUT2D eigenvalue weighted by atomic mass is 16.3. The summed E-state index contributed by atoms with van der Waals surface area (Å²) in [4.78, 5) is 41.1. The zero-order chi connectivity index (χ0) is 22.8. The van der Waals surface area contributed by atoms with Gasteiger partial charge in [-0.2, -0.15) is 0 Å². The lowest BCUT2D eigenvalue weighted by atomic mass is 9.93. The molecule has 0 bridgehead atoms. The third kappa shape index (κ3) is 4.49. The second-order valence-corrected chi connectivity index (χ2v) is 8.99. The molecule has 3 amide bonds. The van der Waals surface area contributed by atoms with Gasteiger partial charge >= 0.3 is 0 Å². The number of aromatic amines is 1. The van der Waals surface area contributed by atoms with Gasteiger partial charge in [-0.3, -0.25) is 14.4 Å². The molecule has 172 valence electrons. The predicted octanol–water partition coefficient (Wildman–Crippen LogP) is -0.0658. The highest BCUT2D eigenvalue weighted by Gasteiger charge is 2.43. The van der Waals surface area contributed by atoms with E-state index < -0.39 is 30.0 Å². The van der Waals surface area contributed by atoms with E-state index in [2.05, 4.69) is 20.9 Å². The number of H-pyrrole nitrogens is 1. The van der Waals surface area contributed by atoms with E-state index in [0.717, 1.165) is 42.3 Å². The number of carbonyl (C=O) groups excluding carboxylic acids is 3. The van der Waals surface area contributed by atoms with Crippen LogP contribution in [0.3, 0.4) is 0 Å². The van der Waals surface area contributed by atoms with Crippen molar-refractivity contribution in [2.45, 2.75) is 56.8 Å². The van der Waals surface area contributed by atoms with Gasteiger partial charge in [0.05, 0.1) is 12.1 Å². The number of fused-ring (bicyclic) bond motifs is 2. The summed E-state index contributed by atoms with van der Waals surface area (Å²) in [6, 6.07) is 5.21. The molecule has 1 aromatic heterocycles. The predicted molar refractivity (Wildman–Crippen MR) is 119 cm³/mol. The van der Waals surface area contributed by atoms with Crippen LogP contribution in [-0.2, 0) is 20.8 Å². The molecule has 0 spiro atoms. The molecule has 0 radical (unpaired) electrons. The van der Waals surface area contributed by atoms with Gasteiger partial charge in [-0.1, -0.05) is 24.6 Å². The lowest BCUT2D eigenvalue weighted by Crippen LogP contribution is -2.58. The molecule has 2 aliphatic rings. The van der Waals surface area contributed by atoms with Gasteiger partial charge in [-0.25, -0.2) is 0 Å². The Morgan fingerprint density at radius 2 is 2.00 bits per heavy atom. The first-order chi connectivity index (χ1) is 15.3. The second kappa shape index (κ2) is 9.30. The van der Waals surface area contributed by atoms with Crippen LogP contribution in [0.1, 0.15) is 31.7 Å². The minimum Gasteiger partial charge on any atom is -0.391 e. The van der Waals surface area contributed by atoms with Crippen molar-refractivity contribution < 1.29 is 19.5 Å². The fraction of sp³-hybridized carbons (Fsp3) is 0.522. The lowest BCUT2D eigenvalue weighted by molar-refractivity contribution is -0.133. The highest BCUT2D eigenvalue weighted by Crippen LogP contribution is 2.37. The van der Waals surface area contributed by atoms with E-state index >= 15 is 0 Å². The Hall–Kier alpha value is -2.91. The van der Waals surface area contributed by atoms with Crippen LogP contribution in [0, 0.1) is 11.8 Å². The maximum atomic E-state index is 13.1. The van der Waals surface area contributed by atoms with Crippen molar-refractivity contribution in [2.24, 2.45) is 17.6 Å². The summed E-state index contributed by atoms with van der Waals surface area (Å²) in [7, 11) is 0. The van der Waals surface area contributed by atoms with Crippen LogP contribution in [0.5, 0.6) is 0 Å². The molecule has 1 aliphatic carbocycles. The Morgan fingerprint density at radius 3 is 2.75 bits per heavy atom. The van der Waals surface area contributed by atoms with Gasteiger partial charge in [0.2, 0.25) is 17.7 Å². The first-order valence-corrected chi connectivity index (χ1v) is 11.2. The quantitative estimate of drug-likeness (QED) is 0.339. The normalized spacial score (nSPS) is 25.1. The number of benzene rings is 1. The zero-order valence-corrected chi connectivity index (χ0v) is 18.1. The summed E-state index contributed by atoms with van der Waals surface area (Å²) in [5.41, 5.74) is 7.14. The minimum absolute atomic E-state index is 0.216. The number of amides is 3. The average molecular weight is 442 g/mol. The Kier molecular flexibility index (Phi) is 6.48. The minimum atomic E-state index is -1.24. The van der Waals surface area contributed by atoms with Crippen LogP contribution in [0.15, 0.2) is 30.5 Å². The Morgan fingerprint density at radius 1 is 1.22 bits per heavy atom. The number of aliphatic hydroxyl groups is 1. The first-order valence-electron chi connectivity index (χ1n) is 11.2. The molecule has 32 heavy (non-hydrogen) atoms. The smallest absolute Gasteiger partial charge is 0.243 e. The van der Waals surface area contributed by atoms with Gasteiger partial charge in [0.15, 0.2) is 0 Å². The second-order valence-electron chi connectivity index (χ2n) is 8.99. The van der Waals surface area contributed by atoms with Gasteiger partial charge < -0.3 is 31.8 Å². The Bertz CT molecular complexity index is 1000. The maximum Gasteiger partial charge on any atom is 0.243 e. The summed E-state index contributed by atoms with van der Waals surface area (Å²) in [6.45, 7) is 2.19. The molecular formula is C23H31N5O4. The summed E-state index contributed by atoms with van der Waals surface area (Å²) in [5.74, 6) is -0.832. The van der Waals surface area contributed by atoms with E-state index in [1.165, 1.54) is 6.92 Å². The fourth-order valence-electron chi connectivity index (χ4n) is 5.15. The van der Waals surface area contributed by atoms with E-state index in [1.54, 1.807) is 0 Å². The van der Waals surface area contributed by atoms with Crippen molar-refractivity contribution in [2.75, 3.05) is 6.54 Å². The Balaban J connectivity index is 1.55. The number of hydrogen-bond acceptors (Lipinski definition) is 5. The monoisotopic (exact) mass is 441 g/mol. The standard InChI is InChI=1S/C23H31N5O4/c1-12(29)19(21(24)30)28-22(31)18(9-14-11-25-17-8-3-2-6-15(14)17)27-23(32)20-16-7-4-5-13(16)10-26-20/h2-3,6,8,11-13,16,18-20,25-26,29H,4-5,7,9-10H2,1H3,(H2,24,30)(H,27,32)(H,28,31)/t12-,13+,16+,18+,19+,20+/m1/s1.